The summed E-state index contributed by atoms with van der Waals surface area (Å²) in [4.78, 5) is 0. The number of benzene rings is 1. The first-order chi connectivity index (χ1) is 7.76. The molecule has 3 nitrogen and oxygen atoms in total. The number of unbranched alkanes of at least 4 members (excludes halogenated alkanes) is 2. The topological polar surface area (TPSA) is 44.5 Å². The van der Waals surface area contributed by atoms with Crippen LogP contribution < -0.4 is 15.2 Å². The highest BCUT2D eigenvalue weighted by Gasteiger charge is 2.00. The molecule has 90 valence electrons. The van der Waals surface area contributed by atoms with Crippen molar-refractivity contribution < 1.29 is 9.47 Å². The number of hydrogen-bond donors (Lipinski definition) is 1. The Morgan fingerprint density at radius 1 is 1.00 bits per heavy atom. The van der Waals surface area contributed by atoms with Crippen LogP contribution in [0.15, 0.2) is 18.2 Å². The summed E-state index contributed by atoms with van der Waals surface area (Å²) >= 11 is 0. The number of ether oxygens (including phenoxy) is 2. The van der Waals surface area contributed by atoms with E-state index < -0.39 is 0 Å². The molecular weight excluding hydrogens is 202 g/mol. The summed E-state index contributed by atoms with van der Waals surface area (Å²) in [7, 11) is 0. The number of nitrogens with two attached hydrogens (primary N) is 1. The van der Waals surface area contributed by atoms with Crippen molar-refractivity contribution in [2.24, 2.45) is 0 Å². The standard InChI is InChI=1S/C13H21NO2/c1-3-5-6-7-16-13-9-11(14)8-12(10-13)15-4-2/h8-10H,3-7,14H2,1-2H3. The molecule has 16 heavy (non-hydrogen) atoms. The van der Waals surface area contributed by atoms with Gasteiger partial charge in [0.1, 0.15) is 11.5 Å². The zero-order valence-electron chi connectivity index (χ0n) is 10.2. The van der Waals surface area contributed by atoms with Crippen molar-refractivity contribution in [1.82, 2.24) is 0 Å². The van der Waals surface area contributed by atoms with E-state index >= 15 is 0 Å². The fourth-order valence-corrected chi connectivity index (χ4v) is 1.47. The molecule has 1 aromatic carbocycles. The highest BCUT2D eigenvalue weighted by atomic mass is 16.5. The first-order valence-electron chi connectivity index (χ1n) is 5.92. The van der Waals surface area contributed by atoms with E-state index in [4.69, 9.17) is 15.2 Å². The summed E-state index contributed by atoms with van der Waals surface area (Å²) in [6, 6.07) is 5.52. The maximum absolute atomic E-state index is 5.76. The predicted octanol–water partition coefficient (Wildman–Crippen LogP) is 3.24. The van der Waals surface area contributed by atoms with Gasteiger partial charge in [0.05, 0.1) is 13.2 Å². The molecule has 1 aromatic rings. The summed E-state index contributed by atoms with van der Waals surface area (Å²) in [6.45, 7) is 5.50. The third kappa shape index (κ3) is 4.43. The maximum Gasteiger partial charge on any atom is 0.125 e. The molecule has 0 saturated heterocycles. The maximum atomic E-state index is 5.76. The summed E-state index contributed by atoms with van der Waals surface area (Å²) in [5.74, 6) is 1.56. The minimum absolute atomic E-state index is 0.638. The average molecular weight is 223 g/mol. The van der Waals surface area contributed by atoms with E-state index in [-0.39, 0.29) is 0 Å². The number of hydrogen-bond acceptors (Lipinski definition) is 3. The van der Waals surface area contributed by atoms with Crippen LogP contribution in [0.5, 0.6) is 11.5 Å². The van der Waals surface area contributed by atoms with Gasteiger partial charge in [-0.25, -0.2) is 0 Å². The third-order valence-electron chi connectivity index (χ3n) is 2.23. The summed E-state index contributed by atoms with van der Waals surface area (Å²) in [5.41, 5.74) is 6.44. The molecule has 0 atom stereocenters. The van der Waals surface area contributed by atoms with E-state index in [0.717, 1.165) is 24.5 Å². The zero-order valence-corrected chi connectivity index (χ0v) is 10.2. The van der Waals surface area contributed by atoms with E-state index in [2.05, 4.69) is 6.92 Å². The van der Waals surface area contributed by atoms with Crippen molar-refractivity contribution >= 4 is 5.69 Å². The third-order valence-corrected chi connectivity index (χ3v) is 2.23. The Balaban J connectivity index is 2.51. The van der Waals surface area contributed by atoms with Gasteiger partial charge in [0, 0.05) is 23.9 Å². The molecule has 0 heterocycles. The molecule has 1 rings (SSSR count). The van der Waals surface area contributed by atoms with Gasteiger partial charge in [-0.1, -0.05) is 19.8 Å². The molecule has 3 heteroatoms. The van der Waals surface area contributed by atoms with Crippen LogP contribution in [0.25, 0.3) is 0 Å². The van der Waals surface area contributed by atoms with E-state index in [1.807, 2.05) is 25.1 Å². The Morgan fingerprint density at radius 2 is 1.69 bits per heavy atom. The van der Waals surface area contributed by atoms with Gasteiger partial charge in [-0.3, -0.25) is 0 Å². The lowest BCUT2D eigenvalue weighted by Gasteiger charge is -2.09. The molecule has 0 aromatic heterocycles. The van der Waals surface area contributed by atoms with Crippen molar-refractivity contribution in [2.45, 2.75) is 33.1 Å². The van der Waals surface area contributed by atoms with Crippen molar-refractivity contribution in [3.8, 4) is 11.5 Å². The Bertz CT molecular complexity index is 313. The van der Waals surface area contributed by atoms with Crippen LogP contribution in [-0.4, -0.2) is 13.2 Å². The van der Waals surface area contributed by atoms with Gasteiger partial charge in [-0.15, -0.1) is 0 Å². The van der Waals surface area contributed by atoms with Crippen molar-refractivity contribution in [3.05, 3.63) is 18.2 Å². The molecule has 0 aliphatic carbocycles. The smallest absolute Gasteiger partial charge is 0.125 e. The molecule has 0 radical (unpaired) electrons. The van der Waals surface area contributed by atoms with Gasteiger partial charge in [-0.05, 0) is 13.3 Å². The normalized spacial score (nSPS) is 10.1. The van der Waals surface area contributed by atoms with Crippen LogP contribution in [0, 0.1) is 0 Å². The van der Waals surface area contributed by atoms with Gasteiger partial charge >= 0.3 is 0 Å². The van der Waals surface area contributed by atoms with E-state index in [9.17, 15) is 0 Å². The summed E-state index contributed by atoms with van der Waals surface area (Å²) < 4.78 is 11.0. The number of rotatable bonds is 7. The highest BCUT2D eigenvalue weighted by molar-refractivity contribution is 5.50. The first-order valence-corrected chi connectivity index (χ1v) is 5.92. The van der Waals surface area contributed by atoms with E-state index in [0.29, 0.717) is 12.3 Å². The molecule has 0 aliphatic heterocycles. The predicted molar refractivity (Wildman–Crippen MR) is 67.0 cm³/mol. The zero-order chi connectivity index (χ0) is 11.8. The molecule has 0 saturated carbocycles. The second-order valence-corrected chi connectivity index (χ2v) is 3.73. The quantitative estimate of drug-likeness (QED) is 0.570. The van der Waals surface area contributed by atoms with Crippen molar-refractivity contribution in [1.29, 1.82) is 0 Å². The average Bonchev–Trinajstić information content (AvgIpc) is 2.24. The molecule has 0 unspecified atom stereocenters. The molecule has 2 N–H and O–H groups in total. The van der Waals surface area contributed by atoms with E-state index in [1.165, 1.54) is 12.8 Å². The lowest BCUT2D eigenvalue weighted by molar-refractivity contribution is 0.300. The van der Waals surface area contributed by atoms with Crippen LogP contribution in [-0.2, 0) is 0 Å². The van der Waals surface area contributed by atoms with E-state index in [1.54, 1.807) is 0 Å². The van der Waals surface area contributed by atoms with Gasteiger partial charge in [-0.2, -0.15) is 0 Å². The Kier molecular flexibility index (Phi) is 5.54. The van der Waals surface area contributed by atoms with Gasteiger partial charge in [0.15, 0.2) is 0 Å². The Morgan fingerprint density at radius 3 is 2.31 bits per heavy atom. The lowest BCUT2D eigenvalue weighted by atomic mass is 10.2. The molecule has 0 aliphatic rings. The fraction of sp³-hybridized carbons (Fsp3) is 0.538. The van der Waals surface area contributed by atoms with Crippen LogP contribution in [0.2, 0.25) is 0 Å². The minimum Gasteiger partial charge on any atom is -0.494 e. The highest BCUT2D eigenvalue weighted by Crippen LogP contribution is 2.24. The van der Waals surface area contributed by atoms with Gasteiger partial charge in [0.2, 0.25) is 0 Å². The van der Waals surface area contributed by atoms with Crippen LogP contribution in [0.1, 0.15) is 33.1 Å². The molecule has 0 spiro atoms. The molecule has 0 amide bonds. The van der Waals surface area contributed by atoms with Crippen LogP contribution in [0.4, 0.5) is 5.69 Å². The monoisotopic (exact) mass is 223 g/mol. The summed E-state index contributed by atoms with van der Waals surface area (Å²) in [6.07, 6.45) is 3.47. The molecule has 0 bridgehead atoms. The van der Waals surface area contributed by atoms with Crippen molar-refractivity contribution in [3.63, 3.8) is 0 Å². The second-order valence-electron chi connectivity index (χ2n) is 3.73. The molecule has 0 fully saturated rings. The van der Waals surface area contributed by atoms with Crippen LogP contribution in [0.3, 0.4) is 0 Å². The van der Waals surface area contributed by atoms with Crippen LogP contribution >= 0.6 is 0 Å². The first kappa shape index (κ1) is 12.7. The van der Waals surface area contributed by atoms with Crippen molar-refractivity contribution in [2.75, 3.05) is 18.9 Å². The SMILES string of the molecule is CCCCCOc1cc(N)cc(OCC)c1. The number of anilines is 1. The fourth-order valence-electron chi connectivity index (χ4n) is 1.47. The summed E-state index contributed by atoms with van der Waals surface area (Å²) in [5, 5.41) is 0. The number of nitrogen functional groups attached to an aromatic ring is 1. The van der Waals surface area contributed by atoms with Gasteiger partial charge in [0.25, 0.3) is 0 Å². The largest absolute Gasteiger partial charge is 0.494 e. The minimum atomic E-state index is 0.638. The Hall–Kier alpha value is -1.38. The van der Waals surface area contributed by atoms with Gasteiger partial charge < -0.3 is 15.2 Å². The second kappa shape index (κ2) is 6.99. The Labute approximate surface area is 97.6 Å². The molecular formula is C13H21NO2. The lowest BCUT2D eigenvalue weighted by Crippen LogP contribution is -1.99.